The minimum atomic E-state index is 0.0619. The van der Waals surface area contributed by atoms with E-state index in [-0.39, 0.29) is 18.0 Å². The molecule has 2 unspecified atom stereocenters. The van der Waals surface area contributed by atoms with Gasteiger partial charge in [0.15, 0.2) is 5.01 Å². The molecule has 3 aromatic heterocycles. The van der Waals surface area contributed by atoms with Crippen molar-refractivity contribution >= 4 is 50.6 Å². The maximum atomic E-state index is 13.3. The number of hydrogen-bond acceptors (Lipinski definition) is 6. The first-order chi connectivity index (χ1) is 16.5. The quantitative estimate of drug-likeness (QED) is 0.351. The summed E-state index contributed by atoms with van der Waals surface area (Å²) in [5, 5.41) is 1.28. The number of carbonyl (C=O) groups excluding carboxylic acids is 1. The fourth-order valence-corrected chi connectivity index (χ4v) is 6.58. The molecule has 4 aromatic rings. The zero-order chi connectivity index (χ0) is 23.4. The van der Waals surface area contributed by atoms with Crippen LogP contribution in [0.4, 0.5) is 0 Å². The Bertz CT molecular complexity index is 1350. The number of fused-ring (bicyclic) bond motifs is 3. The van der Waals surface area contributed by atoms with Gasteiger partial charge in [-0.2, -0.15) is 0 Å². The number of piperazine rings is 1. The van der Waals surface area contributed by atoms with Gasteiger partial charge in [0, 0.05) is 59.6 Å². The molecule has 5 heterocycles. The Labute approximate surface area is 214 Å². The van der Waals surface area contributed by atoms with Crippen LogP contribution in [0.15, 0.2) is 47.3 Å². The summed E-state index contributed by atoms with van der Waals surface area (Å²) in [6, 6.07) is 10.1. The fraction of sp³-hybridized carbons (Fsp3) is 0.333. The largest absolute Gasteiger partial charge is 0.328 e. The van der Waals surface area contributed by atoms with Crippen molar-refractivity contribution in [2.75, 3.05) is 13.1 Å². The highest BCUT2D eigenvalue weighted by molar-refractivity contribution is 9.10. The standard InChI is InChI=1S/C24H22BrClN6OS/c1-14-21(25)29-22(34-14)23(33)32-17-7-8-18(32)12-30(11-17)13-19-20(15-3-5-16(26)6-4-15)28-24-27-9-2-10-31(19)24/h2-6,9-10,17-18H,7-8,11-13H2,1H3. The second kappa shape index (κ2) is 8.71. The maximum absolute atomic E-state index is 13.3. The summed E-state index contributed by atoms with van der Waals surface area (Å²) in [6.45, 7) is 4.39. The first-order valence-electron chi connectivity index (χ1n) is 11.2. The lowest BCUT2D eigenvalue weighted by atomic mass is 10.1. The van der Waals surface area contributed by atoms with Gasteiger partial charge in [0.25, 0.3) is 5.91 Å². The number of benzene rings is 1. The van der Waals surface area contributed by atoms with Gasteiger partial charge in [0.1, 0.15) is 4.60 Å². The lowest BCUT2D eigenvalue weighted by Gasteiger charge is -2.40. The third-order valence-electron chi connectivity index (χ3n) is 6.71. The molecule has 2 aliphatic heterocycles. The van der Waals surface area contributed by atoms with Crippen LogP contribution in [0.1, 0.15) is 33.2 Å². The SMILES string of the molecule is Cc1sc(C(=O)N2C3CCC2CN(Cc2c(-c4ccc(Cl)cc4)nc4ncccn24)C3)nc1Br. The van der Waals surface area contributed by atoms with Crippen LogP contribution in [-0.2, 0) is 6.54 Å². The molecular weight excluding hydrogens is 536 g/mol. The highest BCUT2D eigenvalue weighted by atomic mass is 79.9. The van der Waals surface area contributed by atoms with Crippen LogP contribution in [0.2, 0.25) is 5.02 Å². The molecule has 2 saturated heterocycles. The predicted octanol–water partition coefficient (Wildman–Crippen LogP) is 5.07. The summed E-state index contributed by atoms with van der Waals surface area (Å²) < 4.78 is 2.84. The number of thiazole rings is 1. The number of amides is 1. The van der Waals surface area contributed by atoms with Crippen LogP contribution < -0.4 is 0 Å². The van der Waals surface area contributed by atoms with E-state index in [2.05, 4.69) is 40.1 Å². The Hall–Kier alpha value is -2.33. The highest BCUT2D eigenvalue weighted by Gasteiger charge is 2.43. The van der Waals surface area contributed by atoms with E-state index in [9.17, 15) is 4.79 Å². The molecule has 1 aromatic carbocycles. The van der Waals surface area contributed by atoms with Gasteiger partial charge in [-0.15, -0.1) is 11.3 Å². The van der Waals surface area contributed by atoms with Gasteiger partial charge in [-0.3, -0.25) is 14.1 Å². The van der Waals surface area contributed by atoms with E-state index in [4.69, 9.17) is 16.6 Å². The summed E-state index contributed by atoms with van der Waals surface area (Å²) in [4.78, 5) is 32.6. The van der Waals surface area contributed by atoms with E-state index in [0.717, 1.165) is 58.9 Å². The number of aryl methyl sites for hydroxylation is 1. The van der Waals surface area contributed by atoms with Gasteiger partial charge in [-0.1, -0.05) is 23.7 Å². The van der Waals surface area contributed by atoms with Gasteiger partial charge in [-0.05, 0) is 53.9 Å². The van der Waals surface area contributed by atoms with Crippen LogP contribution in [-0.4, -0.2) is 60.2 Å². The van der Waals surface area contributed by atoms with Gasteiger partial charge in [0.05, 0.1) is 11.4 Å². The van der Waals surface area contributed by atoms with Gasteiger partial charge >= 0.3 is 0 Å². The highest BCUT2D eigenvalue weighted by Crippen LogP contribution is 2.35. The Morgan fingerprint density at radius 2 is 1.91 bits per heavy atom. The van der Waals surface area contributed by atoms with E-state index in [0.29, 0.717) is 15.8 Å². The Morgan fingerprint density at radius 1 is 1.18 bits per heavy atom. The van der Waals surface area contributed by atoms with Gasteiger partial charge in [-0.25, -0.2) is 15.0 Å². The predicted molar refractivity (Wildman–Crippen MR) is 136 cm³/mol. The van der Waals surface area contributed by atoms with E-state index < -0.39 is 0 Å². The minimum absolute atomic E-state index is 0.0619. The first kappa shape index (κ1) is 22.2. The van der Waals surface area contributed by atoms with Crippen molar-refractivity contribution in [3.05, 3.63) is 67.9 Å². The molecule has 7 nitrogen and oxygen atoms in total. The molecule has 2 fully saturated rings. The molecule has 0 spiro atoms. The molecule has 0 N–H and O–H groups in total. The molecule has 34 heavy (non-hydrogen) atoms. The number of aromatic nitrogens is 4. The number of imidazole rings is 1. The molecule has 0 saturated carbocycles. The van der Waals surface area contributed by atoms with Crippen molar-refractivity contribution in [2.24, 2.45) is 0 Å². The zero-order valence-corrected chi connectivity index (χ0v) is 21.6. The van der Waals surface area contributed by atoms with E-state index in [1.54, 1.807) is 6.20 Å². The molecule has 2 aliphatic rings. The Balaban J connectivity index is 1.28. The van der Waals surface area contributed by atoms with Crippen molar-refractivity contribution in [3.63, 3.8) is 0 Å². The summed E-state index contributed by atoms with van der Waals surface area (Å²) >= 11 is 11.0. The average Bonchev–Trinajstić information content (AvgIpc) is 3.45. The van der Waals surface area contributed by atoms with Crippen LogP contribution >= 0.6 is 38.9 Å². The van der Waals surface area contributed by atoms with Crippen LogP contribution in [0.5, 0.6) is 0 Å². The Morgan fingerprint density at radius 3 is 2.59 bits per heavy atom. The normalized spacial score (nSPS) is 20.4. The van der Waals surface area contributed by atoms with E-state index >= 15 is 0 Å². The molecule has 2 atom stereocenters. The fourth-order valence-electron chi connectivity index (χ4n) is 5.17. The monoisotopic (exact) mass is 556 g/mol. The summed E-state index contributed by atoms with van der Waals surface area (Å²) in [6.07, 6.45) is 5.83. The minimum Gasteiger partial charge on any atom is -0.328 e. The number of halogens is 2. The van der Waals surface area contributed by atoms with Gasteiger partial charge in [0.2, 0.25) is 5.78 Å². The zero-order valence-electron chi connectivity index (χ0n) is 18.5. The van der Waals surface area contributed by atoms with Crippen molar-refractivity contribution in [1.82, 2.24) is 29.2 Å². The molecular formula is C24H22BrClN6OS. The number of rotatable bonds is 4. The summed E-state index contributed by atoms with van der Waals surface area (Å²) in [5.41, 5.74) is 3.04. The van der Waals surface area contributed by atoms with Crippen molar-refractivity contribution in [3.8, 4) is 11.3 Å². The molecule has 2 bridgehead atoms. The summed E-state index contributed by atoms with van der Waals surface area (Å²) in [7, 11) is 0. The number of carbonyl (C=O) groups is 1. The van der Waals surface area contributed by atoms with E-state index in [1.807, 2.05) is 43.5 Å². The molecule has 174 valence electrons. The Kier molecular flexibility index (Phi) is 5.68. The molecule has 0 radical (unpaired) electrons. The second-order valence-electron chi connectivity index (χ2n) is 8.86. The third kappa shape index (κ3) is 3.84. The molecule has 0 aliphatic carbocycles. The second-order valence-corrected chi connectivity index (χ2v) is 11.3. The number of likely N-dealkylation sites (tertiary alicyclic amines) is 1. The topological polar surface area (TPSA) is 66.6 Å². The molecule has 10 heteroatoms. The third-order valence-corrected chi connectivity index (χ3v) is 8.95. The first-order valence-corrected chi connectivity index (χ1v) is 13.2. The smallest absolute Gasteiger partial charge is 0.283 e. The van der Waals surface area contributed by atoms with Crippen LogP contribution in [0, 0.1) is 6.92 Å². The molecule has 1 amide bonds. The van der Waals surface area contributed by atoms with Crippen molar-refractivity contribution < 1.29 is 4.79 Å². The maximum Gasteiger partial charge on any atom is 0.283 e. The van der Waals surface area contributed by atoms with Gasteiger partial charge < -0.3 is 4.90 Å². The average molecular weight is 558 g/mol. The lowest BCUT2D eigenvalue weighted by Crippen LogP contribution is -2.55. The lowest BCUT2D eigenvalue weighted by molar-refractivity contribution is 0.0402. The number of nitrogens with zero attached hydrogens (tertiary/aromatic N) is 6. The van der Waals surface area contributed by atoms with E-state index in [1.165, 1.54) is 11.3 Å². The van der Waals surface area contributed by atoms with Crippen molar-refractivity contribution in [2.45, 2.75) is 38.4 Å². The molecule has 6 rings (SSSR count). The van der Waals surface area contributed by atoms with Crippen molar-refractivity contribution in [1.29, 1.82) is 0 Å². The van der Waals surface area contributed by atoms with Crippen LogP contribution in [0.25, 0.3) is 17.0 Å². The number of hydrogen-bond donors (Lipinski definition) is 0. The summed E-state index contributed by atoms with van der Waals surface area (Å²) in [5.74, 6) is 0.746. The van der Waals surface area contributed by atoms with Crippen LogP contribution in [0.3, 0.4) is 0 Å².